The third kappa shape index (κ3) is 6.12. The molecule has 0 radical (unpaired) electrons. The lowest BCUT2D eigenvalue weighted by atomic mass is 9.74. The van der Waals surface area contributed by atoms with Gasteiger partial charge in [-0.3, -0.25) is 4.98 Å². The van der Waals surface area contributed by atoms with Crippen molar-refractivity contribution in [2.24, 2.45) is 5.92 Å². The van der Waals surface area contributed by atoms with E-state index in [2.05, 4.69) is 22.6 Å². The zero-order valence-corrected chi connectivity index (χ0v) is 17.5. The second-order valence-corrected chi connectivity index (χ2v) is 8.75. The van der Waals surface area contributed by atoms with Crippen molar-refractivity contribution in [2.75, 3.05) is 6.61 Å². The summed E-state index contributed by atoms with van der Waals surface area (Å²) in [6.07, 6.45) is 4.67. The summed E-state index contributed by atoms with van der Waals surface area (Å²) >= 11 is 1.13. The van der Waals surface area contributed by atoms with Crippen LogP contribution in [-0.4, -0.2) is 35.4 Å². The molecule has 27 heavy (non-hydrogen) atoms. The van der Waals surface area contributed by atoms with E-state index in [1.807, 2.05) is 33.8 Å². The fourth-order valence-corrected chi connectivity index (χ4v) is 4.27. The van der Waals surface area contributed by atoms with Crippen molar-refractivity contribution in [2.45, 2.75) is 76.0 Å². The van der Waals surface area contributed by atoms with Gasteiger partial charge >= 0.3 is 6.09 Å². The maximum atomic E-state index is 12.3. The van der Waals surface area contributed by atoms with Gasteiger partial charge in [0.15, 0.2) is 0 Å². The average Bonchev–Trinajstić information content (AvgIpc) is 2.57. The second-order valence-electron chi connectivity index (χ2n) is 7.93. The number of carbonyl (C=O) groups is 1. The summed E-state index contributed by atoms with van der Waals surface area (Å²) in [5.74, 6) is 0.479. The van der Waals surface area contributed by atoms with E-state index in [4.69, 9.17) is 14.7 Å². The molecule has 7 heteroatoms. The Balaban J connectivity index is 2.22. The first-order chi connectivity index (χ1) is 12.7. The molecule has 1 saturated carbocycles. The number of hydrogen-bond donors (Lipinski definition) is 1. The van der Waals surface area contributed by atoms with Gasteiger partial charge in [0.1, 0.15) is 11.0 Å². The van der Waals surface area contributed by atoms with Gasteiger partial charge in [-0.05, 0) is 75.8 Å². The molecule has 0 spiro atoms. The van der Waals surface area contributed by atoms with Gasteiger partial charge in [-0.25, -0.2) is 4.79 Å². The molecule has 1 N–H and O–H groups in total. The predicted octanol–water partition coefficient (Wildman–Crippen LogP) is 4.47. The Hall–Kier alpha value is -1.78. The van der Waals surface area contributed by atoms with Gasteiger partial charge < -0.3 is 14.8 Å². The van der Waals surface area contributed by atoms with Crippen LogP contribution in [0.1, 0.15) is 58.9 Å². The summed E-state index contributed by atoms with van der Waals surface area (Å²) in [6.45, 7) is 10.3. The molecule has 6 nitrogen and oxygen atoms in total. The molecule has 1 aromatic rings. The fraction of sp³-hybridized carbons (Fsp3) is 0.650. The minimum absolute atomic E-state index is 0.0623. The van der Waals surface area contributed by atoms with Crippen molar-refractivity contribution in [1.82, 2.24) is 10.3 Å². The lowest BCUT2D eigenvalue weighted by Crippen LogP contribution is -2.52. The first kappa shape index (κ1) is 21.5. The van der Waals surface area contributed by atoms with Crippen molar-refractivity contribution in [3.8, 4) is 5.40 Å². The third-order valence-electron chi connectivity index (χ3n) is 4.63. The molecule has 1 aliphatic carbocycles. The molecule has 148 valence electrons. The number of thioether (sulfide) groups is 1. The standard InChI is InChI=1S/C20H29N3O3S/c1-6-25-18-13(2)9-14(15-7-8-22-11-17(15)27-12-21)10-16(18)23-19(24)26-20(3,4)5/h7-8,11,13-14,16,18H,6,9-10H2,1-5H3,(H,23,24). The SMILES string of the molecule is CCOC1C(C)CC(c2ccncc2SC#N)CC1NC(=O)OC(C)(C)C. The largest absolute Gasteiger partial charge is 0.444 e. The summed E-state index contributed by atoms with van der Waals surface area (Å²) in [5, 5.41) is 14.2. The highest BCUT2D eigenvalue weighted by molar-refractivity contribution is 8.03. The van der Waals surface area contributed by atoms with E-state index < -0.39 is 11.7 Å². The molecular formula is C20H29N3O3S. The van der Waals surface area contributed by atoms with Crippen molar-refractivity contribution < 1.29 is 14.3 Å². The molecular weight excluding hydrogens is 362 g/mol. The molecule has 1 amide bonds. The number of nitriles is 1. The van der Waals surface area contributed by atoms with Gasteiger partial charge in [-0.2, -0.15) is 5.26 Å². The molecule has 1 aliphatic rings. The number of amides is 1. The van der Waals surface area contributed by atoms with Crippen LogP contribution in [0.15, 0.2) is 23.4 Å². The van der Waals surface area contributed by atoms with Gasteiger partial charge in [0.05, 0.1) is 12.1 Å². The number of hydrogen-bond acceptors (Lipinski definition) is 6. The molecule has 1 heterocycles. The van der Waals surface area contributed by atoms with Crippen LogP contribution in [-0.2, 0) is 9.47 Å². The quantitative estimate of drug-likeness (QED) is 0.589. The van der Waals surface area contributed by atoms with Crippen LogP contribution < -0.4 is 5.32 Å². The molecule has 4 unspecified atom stereocenters. The number of ether oxygens (including phenoxy) is 2. The normalized spacial score (nSPS) is 25.5. The lowest BCUT2D eigenvalue weighted by molar-refractivity contribution is -0.0298. The highest BCUT2D eigenvalue weighted by atomic mass is 32.2. The third-order valence-corrected chi connectivity index (χ3v) is 5.28. The van der Waals surface area contributed by atoms with Crippen molar-refractivity contribution in [3.05, 3.63) is 24.0 Å². The Labute approximate surface area is 166 Å². The first-order valence-electron chi connectivity index (χ1n) is 9.36. The van der Waals surface area contributed by atoms with Crippen LogP contribution in [0.2, 0.25) is 0 Å². The molecule has 2 rings (SSSR count). The summed E-state index contributed by atoms with van der Waals surface area (Å²) in [4.78, 5) is 17.4. The molecule has 0 aliphatic heterocycles. The van der Waals surface area contributed by atoms with Gasteiger partial charge in [-0.15, -0.1) is 0 Å². The smallest absolute Gasteiger partial charge is 0.407 e. The minimum atomic E-state index is -0.549. The lowest BCUT2D eigenvalue weighted by Gasteiger charge is -2.41. The van der Waals surface area contributed by atoms with E-state index in [-0.39, 0.29) is 24.0 Å². The van der Waals surface area contributed by atoms with E-state index in [0.717, 1.165) is 35.1 Å². The predicted molar refractivity (Wildman–Crippen MR) is 105 cm³/mol. The van der Waals surface area contributed by atoms with E-state index in [1.165, 1.54) is 0 Å². The molecule has 1 aromatic heterocycles. The summed E-state index contributed by atoms with van der Waals surface area (Å²) < 4.78 is 11.4. The summed E-state index contributed by atoms with van der Waals surface area (Å²) in [7, 11) is 0. The van der Waals surface area contributed by atoms with Gasteiger partial charge in [0, 0.05) is 23.9 Å². The Kier molecular flexibility index (Phi) is 7.51. The van der Waals surface area contributed by atoms with E-state index >= 15 is 0 Å². The number of nitrogens with zero attached hydrogens (tertiary/aromatic N) is 2. The van der Waals surface area contributed by atoms with Crippen molar-refractivity contribution >= 4 is 17.9 Å². The number of alkyl carbamates (subject to hydrolysis) is 1. The van der Waals surface area contributed by atoms with Crippen LogP contribution in [0, 0.1) is 16.6 Å². The van der Waals surface area contributed by atoms with Gasteiger partial charge in [-0.1, -0.05) is 6.92 Å². The van der Waals surface area contributed by atoms with Gasteiger partial charge in [0.2, 0.25) is 0 Å². The maximum Gasteiger partial charge on any atom is 0.407 e. The molecule has 0 aromatic carbocycles. The van der Waals surface area contributed by atoms with Crippen LogP contribution >= 0.6 is 11.8 Å². The number of thiocyanates is 1. The highest BCUT2D eigenvalue weighted by Crippen LogP contribution is 2.40. The second kappa shape index (κ2) is 9.43. The highest BCUT2D eigenvalue weighted by Gasteiger charge is 2.39. The monoisotopic (exact) mass is 391 g/mol. The fourth-order valence-electron chi connectivity index (χ4n) is 3.71. The summed E-state index contributed by atoms with van der Waals surface area (Å²) in [6, 6.07) is 1.82. The van der Waals surface area contributed by atoms with Crippen LogP contribution in [0.25, 0.3) is 0 Å². The Morgan fingerprint density at radius 1 is 1.44 bits per heavy atom. The first-order valence-corrected chi connectivity index (χ1v) is 10.2. The topological polar surface area (TPSA) is 84.2 Å². The van der Waals surface area contributed by atoms with Crippen molar-refractivity contribution in [3.63, 3.8) is 0 Å². The average molecular weight is 392 g/mol. The Bertz CT molecular complexity index is 684. The van der Waals surface area contributed by atoms with E-state index in [1.54, 1.807) is 12.4 Å². The number of rotatable bonds is 5. The van der Waals surface area contributed by atoms with E-state index in [9.17, 15) is 4.79 Å². The molecule has 0 bridgehead atoms. The number of nitrogens with one attached hydrogen (secondary N) is 1. The van der Waals surface area contributed by atoms with Crippen LogP contribution in [0.4, 0.5) is 4.79 Å². The molecule has 1 fully saturated rings. The number of pyridine rings is 1. The Morgan fingerprint density at radius 3 is 2.81 bits per heavy atom. The molecule has 4 atom stereocenters. The molecule has 0 saturated heterocycles. The zero-order valence-electron chi connectivity index (χ0n) is 16.7. The number of aromatic nitrogens is 1. The van der Waals surface area contributed by atoms with Crippen LogP contribution in [0.5, 0.6) is 0 Å². The zero-order chi connectivity index (χ0) is 20.0. The van der Waals surface area contributed by atoms with Crippen molar-refractivity contribution in [1.29, 1.82) is 5.26 Å². The van der Waals surface area contributed by atoms with Gasteiger partial charge in [0.25, 0.3) is 0 Å². The Morgan fingerprint density at radius 2 is 2.19 bits per heavy atom. The van der Waals surface area contributed by atoms with E-state index in [0.29, 0.717) is 6.61 Å². The minimum Gasteiger partial charge on any atom is -0.444 e. The number of carbonyl (C=O) groups excluding carboxylic acids is 1. The summed E-state index contributed by atoms with van der Waals surface area (Å²) in [5.41, 5.74) is 0.557. The van der Waals surface area contributed by atoms with Crippen LogP contribution in [0.3, 0.4) is 0 Å². The maximum absolute atomic E-state index is 12.3.